The fourth-order valence-electron chi connectivity index (χ4n) is 0.994. The van der Waals surface area contributed by atoms with Gasteiger partial charge in [0.15, 0.2) is 0 Å². The molecule has 76 valence electrons. The van der Waals surface area contributed by atoms with Crippen LogP contribution in [-0.2, 0) is 4.79 Å². The number of aliphatic carboxylic acids is 1. The van der Waals surface area contributed by atoms with Crippen LogP contribution in [0.1, 0.15) is 25.5 Å². The van der Waals surface area contributed by atoms with Crippen molar-refractivity contribution in [3.63, 3.8) is 0 Å². The van der Waals surface area contributed by atoms with E-state index in [1.54, 1.807) is 13.8 Å². The molecule has 0 saturated carbocycles. The second-order valence-corrected chi connectivity index (χ2v) is 3.10. The van der Waals surface area contributed by atoms with Gasteiger partial charge in [-0.2, -0.15) is 9.49 Å². The van der Waals surface area contributed by atoms with E-state index in [9.17, 15) is 9.18 Å². The lowest BCUT2D eigenvalue weighted by Gasteiger charge is -2.04. The van der Waals surface area contributed by atoms with E-state index in [1.165, 1.54) is 17.0 Å². The summed E-state index contributed by atoms with van der Waals surface area (Å²) >= 11 is 0. The first-order valence-corrected chi connectivity index (χ1v) is 4.16. The van der Waals surface area contributed by atoms with Crippen LogP contribution in [0.2, 0.25) is 0 Å². The molecule has 0 aliphatic carbocycles. The third-order valence-electron chi connectivity index (χ3n) is 1.66. The summed E-state index contributed by atoms with van der Waals surface area (Å²) in [6.45, 7) is 3.58. The highest BCUT2D eigenvalue weighted by atomic mass is 19.1. The van der Waals surface area contributed by atoms with Crippen molar-refractivity contribution in [3.8, 4) is 0 Å². The van der Waals surface area contributed by atoms with Crippen LogP contribution >= 0.6 is 0 Å². The number of halogens is 1. The van der Waals surface area contributed by atoms with Crippen LogP contribution in [0.3, 0.4) is 0 Å². The first kappa shape index (κ1) is 10.4. The molecule has 0 atom stereocenters. The maximum atomic E-state index is 13.4. The van der Waals surface area contributed by atoms with Gasteiger partial charge in [0.1, 0.15) is 0 Å². The molecule has 1 N–H and O–H groups in total. The molecule has 0 fully saturated rings. The van der Waals surface area contributed by atoms with Crippen LogP contribution in [0.4, 0.5) is 4.39 Å². The van der Waals surface area contributed by atoms with Crippen LogP contribution < -0.4 is 0 Å². The van der Waals surface area contributed by atoms with Gasteiger partial charge < -0.3 is 5.11 Å². The van der Waals surface area contributed by atoms with Gasteiger partial charge in [-0.25, -0.2) is 9.48 Å². The van der Waals surface area contributed by atoms with Crippen molar-refractivity contribution in [2.75, 3.05) is 0 Å². The maximum absolute atomic E-state index is 13.4. The van der Waals surface area contributed by atoms with Gasteiger partial charge in [0.05, 0.1) is 6.20 Å². The Bertz CT molecular complexity index is 369. The number of nitrogens with zero attached hydrogens (tertiary/aromatic N) is 2. The Hall–Kier alpha value is -1.65. The average Bonchev–Trinajstić information content (AvgIpc) is 2.43. The standard InChI is InChI=1S/C9H11FN2O2/c1-6(2)12-9(10)7(5-11-12)3-4-8(13)14/h3-6H,1-2H3,(H,13,14)/b4-3+. The average molecular weight is 198 g/mol. The van der Waals surface area contributed by atoms with Gasteiger partial charge in [-0.1, -0.05) is 0 Å². The van der Waals surface area contributed by atoms with Gasteiger partial charge in [0, 0.05) is 17.7 Å². The van der Waals surface area contributed by atoms with Gasteiger partial charge in [0.25, 0.3) is 0 Å². The van der Waals surface area contributed by atoms with Crippen molar-refractivity contribution < 1.29 is 14.3 Å². The lowest BCUT2D eigenvalue weighted by molar-refractivity contribution is -0.131. The normalized spacial score (nSPS) is 11.4. The Labute approximate surface area is 80.7 Å². The lowest BCUT2D eigenvalue weighted by Crippen LogP contribution is -2.05. The molecule has 14 heavy (non-hydrogen) atoms. The Balaban J connectivity index is 2.95. The van der Waals surface area contributed by atoms with Crippen LogP contribution in [-0.4, -0.2) is 20.9 Å². The fraction of sp³-hybridized carbons (Fsp3) is 0.333. The van der Waals surface area contributed by atoms with E-state index < -0.39 is 11.9 Å². The van der Waals surface area contributed by atoms with E-state index in [2.05, 4.69) is 5.10 Å². The Kier molecular flexibility index (Phi) is 3.01. The molecular formula is C9H11FN2O2. The van der Waals surface area contributed by atoms with Crippen molar-refractivity contribution >= 4 is 12.0 Å². The van der Waals surface area contributed by atoms with E-state index in [0.717, 1.165) is 6.08 Å². The maximum Gasteiger partial charge on any atom is 0.328 e. The quantitative estimate of drug-likeness (QED) is 0.752. The molecule has 0 spiro atoms. The Morgan fingerprint density at radius 3 is 2.79 bits per heavy atom. The zero-order valence-electron chi connectivity index (χ0n) is 7.94. The highest BCUT2D eigenvalue weighted by Gasteiger charge is 2.10. The van der Waals surface area contributed by atoms with Crippen molar-refractivity contribution in [1.82, 2.24) is 9.78 Å². The number of hydrogen-bond acceptors (Lipinski definition) is 2. The van der Waals surface area contributed by atoms with Crippen LogP contribution in [0.25, 0.3) is 6.08 Å². The number of carboxylic acid groups (broad SMARTS) is 1. The SMILES string of the molecule is CC(C)n1ncc(/C=C/C(=O)O)c1F. The highest BCUT2D eigenvalue weighted by Crippen LogP contribution is 2.12. The third kappa shape index (κ3) is 2.18. The fourth-order valence-corrected chi connectivity index (χ4v) is 0.994. The molecule has 0 amide bonds. The summed E-state index contributed by atoms with van der Waals surface area (Å²) in [5.74, 6) is -1.63. The van der Waals surface area contributed by atoms with Crippen molar-refractivity contribution in [2.45, 2.75) is 19.9 Å². The topological polar surface area (TPSA) is 55.1 Å². The predicted octanol–water partition coefficient (Wildman–Crippen LogP) is 1.70. The molecule has 0 aliphatic heterocycles. The first-order valence-electron chi connectivity index (χ1n) is 4.16. The minimum atomic E-state index is -1.11. The largest absolute Gasteiger partial charge is 0.478 e. The van der Waals surface area contributed by atoms with Crippen LogP contribution in [0.5, 0.6) is 0 Å². The van der Waals surface area contributed by atoms with Crippen molar-refractivity contribution in [2.24, 2.45) is 0 Å². The summed E-state index contributed by atoms with van der Waals surface area (Å²) in [5, 5.41) is 12.1. The van der Waals surface area contributed by atoms with E-state index >= 15 is 0 Å². The van der Waals surface area contributed by atoms with Crippen LogP contribution in [0, 0.1) is 5.95 Å². The van der Waals surface area contributed by atoms with Gasteiger partial charge >= 0.3 is 5.97 Å². The molecule has 1 heterocycles. The van der Waals surface area contributed by atoms with E-state index in [0.29, 0.717) is 0 Å². The molecule has 0 unspecified atom stereocenters. The lowest BCUT2D eigenvalue weighted by atomic mass is 10.3. The Morgan fingerprint density at radius 1 is 1.71 bits per heavy atom. The Morgan fingerprint density at radius 2 is 2.36 bits per heavy atom. The van der Waals surface area contributed by atoms with E-state index in [1.807, 2.05) is 0 Å². The zero-order chi connectivity index (χ0) is 10.7. The summed E-state index contributed by atoms with van der Waals surface area (Å²) < 4.78 is 14.6. The molecule has 1 aromatic rings. The molecule has 0 aliphatic rings. The second kappa shape index (κ2) is 4.04. The van der Waals surface area contributed by atoms with Gasteiger partial charge in [-0.15, -0.1) is 0 Å². The molecule has 0 radical (unpaired) electrons. The highest BCUT2D eigenvalue weighted by molar-refractivity contribution is 5.85. The molecule has 5 heteroatoms. The number of carboxylic acids is 1. The molecule has 1 aromatic heterocycles. The number of aromatic nitrogens is 2. The van der Waals surface area contributed by atoms with Gasteiger partial charge in [0.2, 0.25) is 5.95 Å². The zero-order valence-corrected chi connectivity index (χ0v) is 7.94. The molecule has 1 rings (SSSR count). The second-order valence-electron chi connectivity index (χ2n) is 3.10. The molecule has 4 nitrogen and oxygen atoms in total. The monoisotopic (exact) mass is 198 g/mol. The van der Waals surface area contributed by atoms with Crippen molar-refractivity contribution in [3.05, 3.63) is 23.8 Å². The van der Waals surface area contributed by atoms with Gasteiger partial charge in [-0.3, -0.25) is 0 Å². The number of carbonyl (C=O) groups is 1. The first-order chi connectivity index (χ1) is 6.52. The van der Waals surface area contributed by atoms with E-state index in [-0.39, 0.29) is 11.6 Å². The smallest absolute Gasteiger partial charge is 0.328 e. The van der Waals surface area contributed by atoms with Crippen LogP contribution in [0.15, 0.2) is 12.3 Å². The summed E-state index contributed by atoms with van der Waals surface area (Å²) in [6.07, 6.45) is 3.36. The molecule has 0 saturated heterocycles. The third-order valence-corrected chi connectivity index (χ3v) is 1.66. The van der Waals surface area contributed by atoms with E-state index in [4.69, 9.17) is 5.11 Å². The predicted molar refractivity (Wildman–Crippen MR) is 49.2 cm³/mol. The number of rotatable bonds is 3. The molecule has 0 aromatic carbocycles. The summed E-state index contributed by atoms with van der Waals surface area (Å²) in [4.78, 5) is 10.2. The summed E-state index contributed by atoms with van der Waals surface area (Å²) in [6, 6.07) is -0.0815. The summed E-state index contributed by atoms with van der Waals surface area (Å²) in [5.41, 5.74) is 0.182. The molecular weight excluding hydrogens is 187 g/mol. The minimum Gasteiger partial charge on any atom is -0.478 e. The van der Waals surface area contributed by atoms with Crippen molar-refractivity contribution in [1.29, 1.82) is 0 Å². The minimum absolute atomic E-state index is 0.0815. The van der Waals surface area contributed by atoms with Gasteiger partial charge in [-0.05, 0) is 19.9 Å². The summed E-state index contributed by atoms with van der Waals surface area (Å²) in [7, 11) is 0. The number of hydrogen-bond donors (Lipinski definition) is 1. The molecule has 0 bridgehead atoms.